The summed E-state index contributed by atoms with van der Waals surface area (Å²) >= 11 is 0. The van der Waals surface area contributed by atoms with Gasteiger partial charge in [-0.1, -0.05) is 19.3 Å². The van der Waals surface area contributed by atoms with E-state index < -0.39 is 0 Å². The van der Waals surface area contributed by atoms with E-state index in [0.29, 0.717) is 6.54 Å². The predicted octanol–water partition coefficient (Wildman–Crippen LogP) is 2.38. The minimum absolute atomic E-state index is 0.0667. The van der Waals surface area contributed by atoms with Crippen LogP contribution in [0.25, 0.3) is 0 Å². The van der Waals surface area contributed by atoms with Gasteiger partial charge in [0.05, 0.1) is 19.7 Å². The Morgan fingerprint density at radius 1 is 0.969 bits per heavy atom. The Kier molecular flexibility index (Phi) is 8.29. The topological polar surface area (TPSA) is 65.6 Å². The molecule has 1 saturated carbocycles. The quantitative estimate of drug-likeness (QED) is 0.552. The molecule has 0 aromatic rings. The smallest absolute Gasteiger partial charge is 0.411 e. The van der Waals surface area contributed by atoms with Gasteiger partial charge < -0.3 is 19.3 Å². The van der Waals surface area contributed by atoms with Crippen molar-refractivity contribution >= 4 is 12.1 Å². The van der Waals surface area contributed by atoms with Crippen molar-refractivity contribution in [2.45, 2.75) is 76.6 Å². The lowest BCUT2D eigenvalue weighted by Gasteiger charge is -2.40. The van der Waals surface area contributed by atoms with Gasteiger partial charge in [0, 0.05) is 38.8 Å². The van der Waals surface area contributed by atoms with Crippen molar-refractivity contribution in [2.75, 3.05) is 59.5 Å². The molecule has 32 heavy (non-hydrogen) atoms. The summed E-state index contributed by atoms with van der Waals surface area (Å²) in [5, 5.41) is 0. The molecule has 2 unspecified atom stereocenters. The summed E-state index contributed by atoms with van der Waals surface area (Å²) in [4.78, 5) is 33.1. The molecule has 0 radical (unpaired) electrons. The van der Waals surface area contributed by atoms with Gasteiger partial charge in [0.25, 0.3) is 0 Å². The van der Waals surface area contributed by atoms with Crippen LogP contribution in [0.1, 0.15) is 58.3 Å². The molecule has 4 aliphatic rings. The third kappa shape index (κ3) is 5.75. The maximum absolute atomic E-state index is 12.6. The first-order valence-corrected chi connectivity index (χ1v) is 12.8. The SMILES string of the molecule is COC(=O)CN1CCN(C2OC(=O)N(CCC3CCN(C4CCCCC4)CC3)C2C)CC1. The van der Waals surface area contributed by atoms with Crippen LogP contribution in [0.2, 0.25) is 0 Å². The van der Waals surface area contributed by atoms with E-state index in [9.17, 15) is 9.59 Å². The van der Waals surface area contributed by atoms with Gasteiger partial charge in [0.2, 0.25) is 0 Å². The van der Waals surface area contributed by atoms with Gasteiger partial charge in [-0.3, -0.25) is 14.6 Å². The van der Waals surface area contributed by atoms with Crippen LogP contribution >= 0.6 is 0 Å². The molecule has 4 rings (SSSR count). The van der Waals surface area contributed by atoms with Gasteiger partial charge >= 0.3 is 12.1 Å². The largest absolute Gasteiger partial charge is 0.468 e. The Bertz CT molecular complexity index is 625. The molecule has 8 heteroatoms. The highest BCUT2D eigenvalue weighted by atomic mass is 16.6. The van der Waals surface area contributed by atoms with Crippen LogP contribution in [0.15, 0.2) is 0 Å². The number of nitrogens with zero attached hydrogens (tertiary/aromatic N) is 4. The van der Waals surface area contributed by atoms with Gasteiger partial charge in [-0.05, 0) is 58.0 Å². The summed E-state index contributed by atoms with van der Waals surface area (Å²) in [7, 11) is 1.42. The molecule has 3 aliphatic heterocycles. The zero-order chi connectivity index (χ0) is 22.5. The lowest BCUT2D eigenvalue weighted by molar-refractivity contribution is -0.142. The number of piperazine rings is 1. The summed E-state index contributed by atoms with van der Waals surface area (Å²) < 4.78 is 10.6. The molecule has 3 saturated heterocycles. The standard InChI is InChI=1S/C24H42N4O4/c1-19-23(27-16-14-25(15-17-27)18-22(29)31-2)32-24(30)28(19)13-10-20-8-11-26(12-9-20)21-6-4-3-5-7-21/h19-21,23H,3-18H2,1-2H3. The number of methoxy groups -OCH3 is 1. The van der Waals surface area contributed by atoms with Gasteiger partial charge in [0.15, 0.2) is 6.23 Å². The molecular formula is C24H42N4O4. The molecule has 3 heterocycles. The Balaban J connectivity index is 1.19. The summed E-state index contributed by atoms with van der Waals surface area (Å²) in [6.45, 7) is 8.87. The minimum atomic E-state index is -0.199. The molecule has 0 N–H and O–H groups in total. The number of ether oxygens (including phenoxy) is 2. The molecule has 0 bridgehead atoms. The first kappa shape index (κ1) is 23.8. The number of esters is 1. The highest BCUT2D eigenvalue weighted by molar-refractivity contribution is 5.71. The van der Waals surface area contributed by atoms with Crippen molar-refractivity contribution in [1.82, 2.24) is 19.6 Å². The summed E-state index contributed by atoms with van der Waals surface area (Å²) in [5.74, 6) is 0.519. The van der Waals surface area contributed by atoms with E-state index >= 15 is 0 Å². The number of likely N-dealkylation sites (tertiary alicyclic amines) is 1. The second-order valence-electron chi connectivity index (χ2n) is 10.2. The van der Waals surface area contributed by atoms with Crippen molar-refractivity contribution in [3.8, 4) is 0 Å². The lowest BCUT2D eigenvalue weighted by atomic mass is 9.89. The van der Waals surface area contributed by atoms with E-state index in [2.05, 4.69) is 21.6 Å². The highest BCUT2D eigenvalue weighted by Crippen LogP contribution is 2.30. The van der Waals surface area contributed by atoms with E-state index in [4.69, 9.17) is 9.47 Å². The van der Waals surface area contributed by atoms with Gasteiger partial charge in [-0.25, -0.2) is 4.79 Å². The first-order valence-electron chi connectivity index (χ1n) is 12.8. The Hall–Kier alpha value is -1.38. The minimum Gasteiger partial charge on any atom is -0.468 e. The van der Waals surface area contributed by atoms with Crippen LogP contribution in [0.3, 0.4) is 0 Å². The average molecular weight is 451 g/mol. The molecule has 2 atom stereocenters. The van der Waals surface area contributed by atoms with Crippen LogP contribution in [-0.2, 0) is 14.3 Å². The van der Waals surface area contributed by atoms with E-state index in [1.54, 1.807) is 0 Å². The Morgan fingerprint density at radius 3 is 2.31 bits per heavy atom. The van der Waals surface area contributed by atoms with Gasteiger partial charge in [0.1, 0.15) is 0 Å². The van der Waals surface area contributed by atoms with Crippen LogP contribution in [0.4, 0.5) is 4.79 Å². The normalized spacial score (nSPS) is 29.9. The van der Waals surface area contributed by atoms with Gasteiger partial charge in [-0.2, -0.15) is 0 Å². The maximum atomic E-state index is 12.6. The number of hydrogen-bond donors (Lipinski definition) is 0. The molecule has 4 fully saturated rings. The van der Waals surface area contributed by atoms with Crippen molar-refractivity contribution in [3.05, 3.63) is 0 Å². The third-order valence-corrected chi connectivity index (χ3v) is 8.23. The van der Waals surface area contributed by atoms with E-state index in [1.165, 1.54) is 65.1 Å². The van der Waals surface area contributed by atoms with Crippen LogP contribution in [-0.4, -0.2) is 109 Å². The second-order valence-corrected chi connectivity index (χ2v) is 10.2. The lowest BCUT2D eigenvalue weighted by Crippen LogP contribution is -2.54. The molecule has 0 aromatic heterocycles. The van der Waals surface area contributed by atoms with Crippen molar-refractivity contribution < 1.29 is 19.1 Å². The zero-order valence-corrected chi connectivity index (χ0v) is 20.0. The highest BCUT2D eigenvalue weighted by Gasteiger charge is 2.43. The van der Waals surface area contributed by atoms with Crippen molar-refractivity contribution in [1.29, 1.82) is 0 Å². The van der Waals surface area contributed by atoms with Crippen LogP contribution < -0.4 is 0 Å². The predicted molar refractivity (Wildman–Crippen MR) is 122 cm³/mol. The third-order valence-electron chi connectivity index (χ3n) is 8.23. The first-order chi connectivity index (χ1) is 15.5. The second kappa shape index (κ2) is 11.2. The molecular weight excluding hydrogens is 408 g/mol. The van der Waals surface area contributed by atoms with E-state index in [1.807, 2.05) is 4.90 Å². The van der Waals surface area contributed by atoms with Gasteiger partial charge in [-0.15, -0.1) is 0 Å². The summed E-state index contributed by atoms with van der Waals surface area (Å²) in [5.41, 5.74) is 0. The van der Waals surface area contributed by atoms with Crippen LogP contribution in [0.5, 0.6) is 0 Å². The number of piperidine rings is 1. The molecule has 1 aliphatic carbocycles. The number of hydrogen-bond acceptors (Lipinski definition) is 7. The summed E-state index contributed by atoms with van der Waals surface area (Å²) in [6, 6.07) is 0.893. The number of rotatable bonds is 7. The fourth-order valence-corrected chi connectivity index (χ4v) is 6.06. The fourth-order valence-electron chi connectivity index (χ4n) is 6.06. The van der Waals surface area contributed by atoms with Crippen LogP contribution in [0, 0.1) is 5.92 Å². The Morgan fingerprint density at radius 2 is 1.66 bits per heavy atom. The molecule has 1 amide bonds. The van der Waals surface area contributed by atoms with Crippen molar-refractivity contribution in [2.24, 2.45) is 5.92 Å². The molecule has 182 valence electrons. The number of amides is 1. The number of cyclic esters (lactones) is 1. The molecule has 0 spiro atoms. The molecule has 8 nitrogen and oxygen atoms in total. The van der Waals surface area contributed by atoms with Crippen molar-refractivity contribution in [3.63, 3.8) is 0 Å². The monoisotopic (exact) mass is 450 g/mol. The van der Waals surface area contributed by atoms with E-state index in [-0.39, 0.29) is 24.3 Å². The van der Waals surface area contributed by atoms with E-state index in [0.717, 1.165) is 51.1 Å². The number of carbonyl (C=O) groups excluding carboxylic acids is 2. The maximum Gasteiger partial charge on any atom is 0.411 e. The molecule has 0 aromatic carbocycles. The summed E-state index contributed by atoms with van der Waals surface area (Å²) in [6.07, 6.45) is 10.3. The number of carbonyl (C=O) groups is 2. The fraction of sp³-hybridized carbons (Fsp3) is 0.917. The Labute approximate surface area is 193 Å². The zero-order valence-electron chi connectivity index (χ0n) is 20.0. The average Bonchev–Trinajstić information content (AvgIpc) is 3.12.